The summed E-state index contributed by atoms with van der Waals surface area (Å²) in [6.07, 6.45) is 7.48. The topological polar surface area (TPSA) is 35.6 Å². The molecule has 4 aromatic carbocycles. The van der Waals surface area contributed by atoms with E-state index >= 15 is 0 Å². The zero-order valence-corrected chi connectivity index (χ0v) is 16.9. The molecule has 0 radical (unpaired) electrons. The molecule has 0 aliphatic carbocycles. The van der Waals surface area contributed by atoms with E-state index in [0.29, 0.717) is 0 Å². The van der Waals surface area contributed by atoms with Crippen LogP contribution in [-0.4, -0.2) is 19.1 Å². The van der Waals surface area contributed by atoms with Crippen LogP contribution in [0.15, 0.2) is 110 Å². The van der Waals surface area contributed by atoms with Gasteiger partial charge in [0, 0.05) is 24.6 Å². The first-order valence-electron chi connectivity index (χ1n) is 10.3. The van der Waals surface area contributed by atoms with Crippen molar-refractivity contribution in [3.05, 3.63) is 116 Å². The Morgan fingerprint density at radius 2 is 1.52 bits per heavy atom. The highest BCUT2D eigenvalue weighted by Crippen LogP contribution is 2.26. The normalized spacial score (nSPS) is 11.4. The van der Waals surface area contributed by atoms with Crippen LogP contribution in [0.2, 0.25) is 0 Å². The van der Waals surface area contributed by atoms with Crippen LogP contribution in [0.4, 0.5) is 0 Å². The van der Waals surface area contributed by atoms with Crippen molar-refractivity contribution in [2.75, 3.05) is 0 Å². The van der Waals surface area contributed by atoms with Crippen molar-refractivity contribution >= 4 is 21.8 Å². The fourth-order valence-corrected chi connectivity index (χ4v) is 4.14. The van der Waals surface area contributed by atoms with Gasteiger partial charge in [0.05, 0.1) is 23.7 Å². The standard InChI is InChI=1S/C27H20N4/c1-2-4-27-26(3-1)29-19-31(27)17-20-5-6-24-16-23(8-7-22(24)15-20)21-9-11-25(12-10-21)30-14-13-28-18-30/h1-16,18-19H,17H2. The van der Waals surface area contributed by atoms with E-state index in [1.165, 1.54) is 27.5 Å². The van der Waals surface area contributed by atoms with Crippen molar-refractivity contribution in [2.24, 2.45) is 0 Å². The largest absolute Gasteiger partial charge is 0.326 e. The molecule has 0 fully saturated rings. The molecule has 0 saturated carbocycles. The van der Waals surface area contributed by atoms with Gasteiger partial charge >= 0.3 is 0 Å². The van der Waals surface area contributed by atoms with Gasteiger partial charge in [0.1, 0.15) is 0 Å². The highest BCUT2D eigenvalue weighted by atomic mass is 15.0. The lowest BCUT2D eigenvalue weighted by Crippen LogP contribution is -1.97. The zero-order chi connectivity index (χ0) is 20.6. The molecule has 0 atom stereocenters. The van der Waals surface area contributed by atoms with E-state index in [2.05, 4.69) is 93.4 Å². The Kier molecular flexibility index (Phi) is 4.13. The number of imidazole rings is 2. The molecule has 148 valence electrons. The summed E-state index contributed by atoms with van der Waals surface area (Å²) in [6, 6.07) is 30.2. The predicted octanol–water partition coefficient (Wildman–Crippen LogP) is 6.09. The van der Waals surface area contributed by atoms with Gasteiger partial charge in [0.2, 0.25) is 0 Å². The van der Waals surface area contributed by atoms with Crippen LogP contribution >= 0.6 is 0 Å². The van der Waals surface area contributed by atoms with Gasteiger partial charge < -0.3 is 9.13 Å². The molecule has 6 aromatic rings. The van der Waals surface area contributed by atoms with E-state index in [4.69, 9.17) is 0 Å². The minimum Gasteiger partial charge on any atom is -0.326 e. The number of fused-ring (bicyclic) bond motifs is 2. The summed E-state index contributed by atoms with van der Waals surface area (Å²) in [7, 11) is 0. The minimum atomic E-state index is 0.813. The van der Waals surface area contributed by atoms with Gasteiger partial charge in [-0.15, -0.1) is 0 Å². The van der Waals surface area contributed by atoms with Gasteiger partial charge in [0.15, 0.2) is 0 Å². The third kappa shape index (κ3) is 3.28. The predicted molar refractivity (Wildman–Crippen MR) is 125 cm³/mol. The lowest BCUT2D eigenvalue weighted by Gasteiger charge is -2.09. The lowest BCUT2D eigenvalue weighted by molar-refractivity contribution is 0.826. The molecule has 0 amide bonds. The smallest absolute Gasteiger partial charge is 0.0991 e. The molecule has 4 nitrogen and oxygen atoms in total. The fourth-order valence-electron chi connectivity index (χ4n) is 4.14. The first-order chi connectivity index (χ1) is 15.3. The molecule has 31 heavy (non-hydrogen) atoms. The van der Waals surface area contributed by atoms with Gasteiger partial charge in [-0.25, -0.2) is 9.97 Å². The van der Waals surface area contributed by atoms with Crippen LogP contribution < -0.4 is 0 Å². The maximum Gasteiger partial charge on any atom is 0.0991 e. The average molecular weight is 400 g/mol. The molecule has 0 N–H and O–H groups in total. The number of hydrogen-bond donors (Lipinski definition) is 0. The number of aromatic nitrogens is 4. The molecule has 4 heteroatoms. The third-order valence-corrected chi connectivity index (χ3v) is 5.79. The molecular formula is C27H20N4. The van der Waals surface area contributed by atoms with E-state index in [-0.39, 0.29) is 0 Å². The van der Waals surface area contributed by atoms with Crippen LogP contribution in [0.25, 0.3) is 38.6 Å². The number of rotatable bonds is 4. The van der Waals surface area contributed by atoms with Gasteiger partial charge in [-0.3, -0.25) is 0 Å². The van der Waals surface area contributed by atoms with Crippen LogP contribution in [0.3, 0.4) is 0 Å². The third-order valence-electron chi connectivity index (χ3n) is 5.79. The van der Waals surface area contributed by atoms with Crippen molar-refractivity contribution in [3.8, 4) is 16.8 Å². The van der Waals surface area contributed by atoms with Crippen LogP contribution in [-0.2, 0) is 6.54 Å². The van der Waals surface area contributed by atoms with Crippen LogP contribution in [0.1, 0.15) is 5.56 Å². The second-order valence-electron chi connectivity index (χ2n) is 7.77. The maximum atomic E-state index is 4.50. The number of hydrogen-bond acceptors (Lipinski definition) is 2. The molecule has 2 aromatic heterocycles. The second kappa shape index (κ2) is 7.26. The second-order valence-corrected chi connectivity index (χ2v) is 7.77. The summed E-state index contributed by atoms with van der Waals surface area (Å²) in [6.45, 7) is 0.813. The summed E-state index contributed by atoms with van der Waals surface area (Å²) in [5, 5.41) is 2.50. The Labute approximate surface area is 180 Å². The highest BCUT2D eigenvalue weighted by Gasteiger charge is 2.05. The van der Waals surface area contributed by atoms with Crippen molar-refractivity contribution < 1.29 is 0 Å². The zero-order valence-electron chi connectivity index (χ0n) is 16.9. The average Bonchev–Trinajstić information content (AvgIpc) is 3.50. The fraction of sp³-hybridized carbons (Fsp3) is 0.0370. The van der Waals surface area contributed by atoms with E-state index in [0.717, 1.165) is 23.3 Å². The number of nitrogens with zero attached hydrogens (tertiary/aromatic N) is 4. The van der Waals surface area contributed by atoms with Crippen LogP contribution in [0, 0.1) is 0 Å². The summed E-state index contributed by atoms with van der Waals surface area (Å²) < 4.78 is 4.21. The SMILES string of the molecule is c1ccc2c(c1)ncn2Cc1ccc2cc(-c3ccc(-n4ccnc4)cc3)ccc2c1. The Bertz CT molecular complexity index is 1490. The molecular weight excluding hydrogens is 380 g/mol. The highest BCUT2D eigenvalue weighted by molar-refractivity contribution is 5.88. The van der Waals surface area contributed by atoms with Crippen molar-refractivity contribution in [1.82, 2.24) is 19.1 Å². The Balaban J connectivity index is 1.29. The number of para-hydroxylation sites is 2. The molecule has 0 saturated heterocycles. The molecule has 0 spiro atoms. The Hall–Kier alpha value is -4.18. The van der Waals surface area contributed by atoms with Crippen molar-refractivity contribution in [1.29, 1.82) is 0 Å². The summed E-state index contributed by atoms with van der Waals surface area (Å²) >= 11 is 0. The first-order valence-corrected chi connectivity index (χ1v) is 10.3. The number of benzene rings is 4. The summed E-state index contributed by atoms with van der Waals surface area (Å²) in [5.41, 5.74) is 7.01. The van der Waals surface area contributed by atoms with Crippen molar-refractivity contribution in [3.63, 3.8) is 0 Å². The Morgan fingerprint density at radius 1 is 0.710 bits per heavy atom. The molecule has 0 aliphatic rings. The first kappa shape index (κ1) is 17.7. The van der Waals surface area contributed by atoms with Gasteiger partial charge in [-0.05, 0) is 63.9 Å². The molecule has 0 aliphatic heterocycles. The molecule has 6 rings (SSSR count). The summed E-state index contributed by atoms with van der Waals surface area (Å²) in [4.78, 5) is 8.62. The molecule has 0 bridgehead atoms. The molecule has 0 unspecified atom stereocenters. The summed E-state index contributed by atoms with van der Waals surface area (Å²) in [5.74, 6) is 0. The van der Waals surface area contributed by atoms with E-state index in [1.54, 1.807) is 6.20 Å². The van der Waals surface area contributed by atoms with E-state index < -0.39 is 0 Å². The van der Waals surface area contributed by atoms with Crippen LogP contribution in [0.5, 0.6) is 0 Å². The van der Waals surface area contributed by atoms with E-state index in [9.17, 15) is 0 Å². The molecule has 2 heterocycles. The van der Waals surface area contributed by atoms with Gasteiger partial charge in [0.25, 0.3) is 0 Å². The van der Waals surface area contributed by atoms with Gasteiger partial charge in [-0.2, -0.15) is 0 Å². The van der Waals surface area contributed by atoms with Gasteiger partial charge in [-0.1, -0.05) is 48.5 Å². The quantitative estimate of drug-likeness (QED) is 0.359. The van der Waals surface area contributed by atoms with Crippen molar-refractivity contribution in [2.45, 2.75) is 6.54 Å². The lowest BCUT2D eigenvalue weighted by atomic mass is 9.99. The Morgan fingerprint density at radius 3 is 2.39 bits per heavy atom. The minimum absolute atomic E-state index is 0.813. The maximum absolute atomic E-state index is 4.50. The van der Waals surface area contributed by atoms with E-state index in [1.807, 2.05) is 29.5 Å². The monoisotopic (exact) mass is 400 g/mol.